The zero-order valence-corrected chi connectivity index (χ0v) is 13.5. The Hall–Kier alpha value is -2.02. The van der Waals surface area contributed by atoms with Crippen LogP contribution in [0.5, 0.6) is 0 Å². The number of furan rings is 1. The molecule has 0 fully saturated rings. The molecule has 21 heavy (non-hydrogen) atoms. The van der Waals surface area contributed by atoms with Gasteiger partial charge in [-0.1, -0.05) is 0 Å². The number of carbonyl (C=O) groups excluding carboxylic acids is 1. The quantitative estimate of drug-likeness (QED) is 0.626. The molecule has 0 bridgehead atoms. The molecule has 7 heteroatoms. The van der Waals surface area contributed by atoms with Crippen LogP contribution in [0, 0.1) is 5.21 Å². The van der Waals surface area contributed by atoms with Gasteiger partial charge in [-0.05, 0) is 54.0 Å². The number of halogens is 1. The summed E-state index contributed by atoms with van der Waals surface area (Å²) in [6.07, 6.45) is -0.850. The predicted molar refractivity (Wildman–Crippen MR) is 80.8 cm³/mol. The first-order valence-corrected chi connectivity index (χ1v) is 7.12. The van der Waals surface area contributed by atoms with Gasteiger partial charge in [0.2, 0.25) is 0 Å². The van der Waals surface area contributed by atoms with Crippen molar-refractivity contribution in [1.29, 1.82) is 0 Å². The van der Waals surface area contributed by atoms with E-state index in [-0.39, 0.29) is 11.9 Å². The second-order valence-corrected chi connectivity index (χ2v) is 5.44. The monoisotopic (exact) mass is 354 g/mol. The minimum atomic E-state index is -0.590. The van der Waals surface area contributed by atoms with Crippen LogP contribution in [-0.2, 0) is 4.74 Å². The van der Waals surface area contributed by atoms with E-state index in [1.807, 2.05) is 0 Å². The maximum atomic E-state index is 12.4. The number of hydrogen-bond donors (Lipinski definition) is 0. The smallest absolute Gasteiger partial charge is 0.507 e. The van der Waals surface area contributed by atoms with Gasteiger partial charge in [-0.3, -0.25) is 0 Å². The summed E-state index contributed by atoms with van der Waals surface area (Å²) in [5, 5.41) is 12.4. The molecule has 0 saturated carbocycles. The van der Waals surface area contributed by atoms with Crippen LogP contribution in [0.2, 0.25) is 0 Å². The van der Waals surface area contributed by atoms with E-state index in [1.54, 1.807) is 38.1 Å². The molecule has 112 valence electrons. The summed E-state index contributed by atoms with van der Waals surface area (Å²) in [5.41, 5.74) is 0.308. The molecule has 2 aromatic rings. The van der Waals surface area contributed by atoms with Crippen LogP contribution in [0.15, 0.2) is 39.4 Å². The standard InChI is InChI=1S/C14H15BrN2O4/c1-9(2)20-14(18)16(3)13-6-4-5-10(17(13)19)11-7-8-12(15)21-11/h4-9H,1-3H3. The number of carbonyl (C=O) groups is 1. The van der Waals surface area contributed by atoms with E-state index in [0.29, 0.717) is 20.9 Å². The summed E-state index contributed by atoms with van der Waals surface area (Å²) in [6, 6.07) is 8.19. The Labute approximate surface area is 130 Å². The topological polar surface area (TPSA) is 69.6 Å². The molecule has 0 N–H and O–H groups in total. The molecule has 0 atom stereocenters. The van der Waals surface area contributed by atoms with E-state index in [9.17, 15) is 10.0 Å². The third kappa shape index (κ3) is 3.36. The van der Waals surface area contributed by atoms with Gasteiger partial charge in [0, 0.05) is 6.07 Å². The average Bonchev–Trinajstić information content (AvgIpc) is 2.84. The van der Waals surface area contributed by atoms with Gasteiger partial charge in [-0.25, -0.2) is 4.73 Å². The van der Waals surface area contributed by atoms with Crippen LogP contribution < -0.4 is 9.63 Å². The number of amides is 1. The van der Waals surface area contributed by atoms with Crippen molar-refractivity contribution in [3.63, 3.8) is 0 Å². The number of hydrogen-bond acceptors (Lipinski definition) is 4. The van der Waals surface area contributed by atoms with Crippen molar-refractivity contribution < 1.29 is 18.7 Å². The van der Waals surface area contributed by atoms with E-state index in [0.717, 1.165) is 4.90 Å². The van der Waals surface area contributed by atoms with Gasteiger partial charge < -0.3 is 14.4 Å². The van der Waals surface area contributed by atoms with Crippen molar-refractivity contribution in [1.82, 2.24) is 0 Å². The van der Waals surface area contributed by atoms with Crippen LogP contribution in [0.25, 0.3) is 11.5 Å². The van der Waals surface area contributed by atoms with Gasteiger partial charge in [-0.15, -0.1) is 0 Å². The summed E-state index contributed by atoms with van der Waals surface area (Å²) < 4.78 is 11.6. The van der Waals surface area contributed by atoms with Crippen molar-refractivity contribution in [3.05, 3.63) is 40.2 Å². The highest BCUT2D eigenvalue weighted by atomic mass is 79.9. The van der Waals surface area contributed by atoms with E-state index in [2.05, 4.69) is 15.9 Å². The van der Waals surface area contributed by atoms with Gasteiger partial charge >= 0.3 is 6.09 Å². The highest BCUT2D eigenvalue weighted by Gasteiger charge is 2.25. The Morgan fingerprint density at radius 1 is 1.38 bits per heavy atom. The largest absolute Gasteiger partial charge is 0.710 e. The fourth-order valence-corrected chi connectivity index (χ4v) is 2.05. The summed E-state index contributed by atoms with van der Waals surface area (Å²) in [5.74, 6) is 0.565. The summed E-state index contributed by atoms with van der Waals surface area (Å²) in [7, 11) is 1.48. The second-order valence-electron chi connectivity index (χ2n) is 4.66. The molecule has 0 aliphatic rings. The molecule has 0 aromatic carbocycles. The summed E-state index contributed by atoms with van der Waals surface area (Å²) >= 11 is 3.19. The van der Waals surface area contributed by atoms with E-state index < -0.39 is 6.09 Å². The molecule has 2 aromatic heterocycles. The molecular weight excluding hydrogens is 340 g/mol. The van der Waals surface area contributed by atoms with Gasteiger partial charge in [0.1, 0.15) is 6.10 Å². The van der Waals surface area contributed by atoms with E-state index in [4.69, 9.17) is 9.15 Å². The SMILES string of the molecule is CC(C)OC(=O)N(C)c1cccc(-c2ccc(Br)o2)[n+]1[O-]. The van der Waals surface area contributed by atoms with E-state index >= 15 is 0 Å². The lowest BCUT2D eigenvalue weighted by atomic mass is 10.3. The maximum Gasteiger partial charge on any atom is 0.507 e. The Bertz CT molecular complexity index is 654. The van der Waals surface area contributed by atoms with Crippen LogP contribution in [-0.4, -0.2) is 19.2 Å². The van der Waals surface area contributed by atoms with Gasteiger partial charge in [0.25, 0.3) is 5.82 Å². The molecule has 2 heterocycles. The minimum Gasteiger partial charge on any atom is -0.710 e. The molecule has 0 aliphatic heterocycles. The molecule has 0 radical (unpaired) electrons. The minimum absolute atomic E-state index is 0.158. The summed E-state index contributed by atoms with van der Waals surface area (Å²) in [6.45, 7) is 3.49. The zero-order chi connectivity index (χ0) is 15.6. The average molecular weight is 355 g/mol. The Morgan fingerprint density at radius 2 is 2.10 bits per heavy atom. The van der Waals surface area contributed by atoms with E-state index in [1.165, 1.54) is 13.1 Å². The van der Waals surface area contributed by atoms with Crippen LogP contribution in [0.1, 0.15) is 13.8 Å². The van der Waals surface area contributed by atoms with Crippen LogP contribution >= 0.6 is 15.9 Å². The third-order valence-corrected chi connectivity index (χ3v) is 3.13. The number of pyridine rings is 1. The molecule has 0 spiro atoms. The predicted octanol–water partition coefficient (Wildman–Crippen LogP) is 3.32. The normalized spacial score (nSPS) is 10.7. The highest BCUT2D eigenvalue weighted by Crippen LogP contribution is 2.23. The molecular formula is C14H15BrN2O4. The Kier molecular flexibility index (Phi) is 4.52. The van der Waals surface area contributed by atoms with Crippen LogP contribution in [0.4, 0.5) is 10.6 Å². The van der Waals surface area contributed by atoms with Gasteiger partial charge in [0.15, 0.2) is 16.1 Å². The first-order valence-electron chi connectivity index (χ1n) is 6.32. The molecule has 0 aliphatic carbocycles. The third-order valence-electron chi connectivity index (χ3n) is 2.71. The lowest BCUT2D eigenvalue weighted by Crippen LogP contribution is -2.41. The Balaban J connectivity index is 2.36. The second kappa shape index (κ2) is 6.17. The molecule has 6 nitrogen and oxygen atoms in total. The van der Waals surface area contributed by atoms with Gasteiger partial charge in [-0.2, -0.15) is 9.69 Å². The number of nitrogens with zero attached hydrogens (tertiary/aromatic N) is 2. The lowest BCUT2D eigenvalue weighted by Gasteiger charge is -2.17. The molecule has 1 amide bonds. The van der Waals surface area contributed by atoms with Crippen molar-refractivity contribution in [2.75, 3.05) is 11.9 Å². The number of rotatable bonds is 3. The van der Waals surface area contributed by atoms with Crippen molar-refractivity contribution in [2.45, 2.75) is 20.0 Å². The zero-order valence-electron chi connectivity index (χ0n) is 11.9. The van der Waals surface area contributed by atoms with Gasteiger partial charge in [0.05, 0.1) is 7.05 Å². The maximum absolute atomic E-state index is 12.4. The first-order chi connectivity index (χ1) is 9.90. The number of aromatic nitrogens is 1. The van der Waals surface area contributed by atoms with Crippen molar-refractivity contribution in [3.8, 4) is 11.5 Å². The first kappa shape index (κ1) is 15.4. The highest BCUT2D eigenvalue weighted by molar-refractivity contribution is 9.10. The summed E-state index contributed by atoms with van der Waals surface area (Å²) in [4.78, 5) is 13.0. The fourth-order valence-electron chi connectivity index (χ4n) is 1.74. The molecule has 0 unspecified atom stereocenters. The Morgan fingerprint density at radius 3 is 2.67 bits per heavy atom. The lowest BCUT2D eigenvalue weighted by molar-refractivity contribution is -0.580. The van der Waals surface area contributed by atoms with Crippen molar-refractivity contribution in [2.24, 2.45) is 0 Å². The number of anilines is 1. The van der Waals surface area contributed by atoms with Crippen LogP contribution in [0.3, 0.4) is 0 Å². The molecule has 2 rings (SSSR count). The fraction of sp³-hybridized carbons (Fsp3) is 0.286. The van der Waals surface area contributed by atoms with Crippen molar-refractivity contribution >= 4 is 27.8 Å². The molecule has 0 saturated heterocycles. The number of ether oxygens (including phenoxy) is 1.